The molecule has 0 amide bonds. The molecule has 0 saturated heterocycles. The largest absolute Gasteiger partial charge is 0.478 e. The van der Waals surface area contributed by atoms with Gasteiger partial charge in [0.15, 0.2) is 0 Å². The predicted octanol–water partition coefficient (Wildman–Crippen LogP) is 1.88. The Morgan fingerprint density at radius 3 is 3.00 bits per heavy atom. The number of carbonyl (C=O) groups is 1. The van der Waals surface area contributed by atoms with Gasteiger partial charge in [-0.1, -0.05) is 17.7 Å². The van der Waals surface area contributed by atoms with E-state index in [9.17, 15) is 4.79 Å². The molecule has 1 aliphatic rings. The minimum absolute atomic E-state index is 0.244. The summed E-state index contributed by atoms with van der Waals surface area (Å²) >= 11 is 5.78. The van der Waals surface area contributed by atoms with Crippen LogP contribution in [0.3, 0.4) is 0 Å². The van der Waals surface area contributed by atoms with Crippen LogP contribution in [0.4, 0.5) is 0 Å². The Balaban J connectivity index is 2.53. The number of hydrogen-bond donors (Lipinski definition) is 1. The molecule has 4 heteroatoms. The number of fused-ring (bicyclic) bond motifs is 1. The molecular formula is C9H6ClNO2. The zero-order valence-corrected chi connectivity index (χ0v) is 7.38. The quantitative estimate of drug-likeness (QED) is 0.744. The second-order valence-corrected chi connectivity index (χ2v) is 3.14. The molecule has 0 radical (unpaired) electrons. The summed E-state index contributed by atoms with van der Waals surface area (Å²) in [6, 6.07) is 4.86. The number of aliphatic imine (C=N–C) groups is 1. The van der Waals surface area contributed by atoms with Crippen molar-refractivity contribution in [3.63, 3.8) is 0 Å². The Morgan fingerprint density at radius 1 is 1.54 bits per heavy atom. The van der Waals surface area contributed by atoms with Gasteiger partial charge in [-0.3, -0.25) is 4.99 Å². The van der Waals surface area contributed by atoms with Crippen molar-refractivity contribution in [2.45, 2.75) is 6.54 Å². The van der Waals surface area contributed by atoms with E-state index < -0.39 is 5.97 Å². The molecule has 0 fully saturated rings. The fourth-order valence-electron chi connectivity index (χ4n) is 1.28. The maximum Gasteiger partial charge on any atom is 0.335 e. The molecule has 1 aromatic carbocycles. The molecule has 3 nitrogen and oxygen atoms in total. The molecule has 2 rings (SSSR count). The molecule has 0 spiro atoms. The van der Waals surface area contributed by atoms with Crippen LogP contribution < -0.4 is 0 Å². The van der Waals surface area contributed by atoms with Crippen molar-refractivity contribution in [2.24, 2.45) is 4.99 Å². The average Bonchev–Trinajstić information content (AvgIpc) is 2.47. The molecular weight excluding hydrogens is 190 g/mol. The highest BCUT2D eigenvalue weighted by Crippen LogP contribution is 2.22. The van der Waals surface area contributed by atoms with Crippen molar-refractivity contribution >= 4 is 22.7 Å². The van der Waals surface area contributed by atoms with Crippen LogP contribution in [0.25, 0.3) is 0 Å². The number of nitrogens with zero attached hydrogens (tertiary/aromatic N) is 1. The summed E-state index contributed by atoms with van der Waals surface area (Å²) in [6.45, 7) is 0.550. The first-order valence-corrected chi connectivity index (χ1v) is 4.13. The van der Waals surface area contributed by atoms with E-state index in [1.165, 1.54) is 0 Å². The van der Waals surface area contributed by atoms with Gasteiger partial charge in [-0.25, -0.2) is 4.79 Å². The van der Waals surface area contributed by atoms with Crippen LogP contribution in [0.1, 0.15) is 21.5 Å². The highest BCUT2D eigenvalue weighted by molar-refractivity contribution is 6.70. The van der Waals surface area contributed by atoms with Gasteiger partial charge in [0.05, 0.1) is 12.1 Å². The van der Waals surface area contributed by atoms with Crippen molar-refractivity contribution in [3.8, 4) is 0 Å². The smallest absolute Gasteiger partial charge is 0.335 e. The lowest BCUT2D eigenvalue weighted by Crippen LogP contribution is -1.99. The summed E-state index contributed by atoms with van der Waals surface area (Å²) in [5.74, 6) is -0.945. The molecule has 0 unspecified atom stereocenters. The Hall–Kier alpha value is -1.35. The Bertz CT molecular complexity index is 412. The molecule has 1 N–H and O–H groups in total. The summed E-state index contributed by atoms with van der Waals surface area (Å²) in [5, 5.41) is 9.12. The van der Waals surface area contributed by atoms with Gasteiger partial charge in [0.1, 0.15) is 5.17 Å². The third kappa shape index (κ3) is 1.31. The molecule has 1 heterocycles. The first-order valence-electron chi connectivity index (χ1n) is 3.75. The van der Waals surface area contributed by atoms with Gasteiger partial charge in [0, 0.05) is 5.56 Å². The standard InChI is InChI=1S/C9H6ClNO2/c10-8-7-3-5(9(12)13)1-2-6(7)4-11-8/h1-3H,4H2,(H,12,13). The molecule has 66 valence electrons. The molecule has 0 aromatic heterocycles. The summed E-state index contributed by atoms with van der Waals surface area (Å²) in [5.41, 5.74) is 1.96. The minimum atomic E-state index is -0.945. The van der Waals surface area contributed by atoms with Crippen molar-refractivity contribution in [1.82, 2.24) is 0 Å². The zero-order valence-electron chi connectivity index (χ0n) is 6.62. The van der Waals surface area contributed by atoms with E-state index in [0.717, 1.165) is 11.1 Å². The minimum Gasteiger partial charge on any atom is -0.478 e. The van der Waals surface area contributed by atoms with Crippen LogP contribution >= 0.6 is 11.6 Å². The second kappa shape index (κ2) is 2.85. The number of rotatable bonds is 1. The van der Waals surface area contributed by atoms with Gasteiger partial charge >= 0.3 is 5.97 Å². The topological polar surface area (TPSA) is 49.7 Å². The lowest BCUT2D eigenvalue weighted by atomic mass is 10.1. The van der Waals surface area contributed by atoms with Gasteiger partial charge < -0.3 is 5.11 Å². The van der Waals surface area contributed by atoms with Crippen molar-refractivity contribution in [2.75, 3.05) is 0 Å². The summed E-state index contributed by atoms with van der Waals surface area (Å²) < 4.78 is 0. The van der Waals surface area contributed by atoms with E-state index in [4.69, 9.17) is 16.7 Å². The zero-order chi connectivity index (χ0) is 9.42. The first-order chi connectivity index (χ1) is 6.18. The Kier molecular flexibility index (Phi) is 1.81. The van der Waals surface area contributed by atoms with Gasteiger partial charge in [-0.15, -0.1) is 0 Å². The van der Waals surface area contributed by atoms with Crippen molar-refractivity contribution in [3.05, 3.63) is 34.9 Å². The van der Waals surface area contributed by atoms with Crippen LogP contribution in [0.5, 0.6) is 0 Å². The van der Waals surface area contributed by atoms with E-state index in [2.05, 4.69) is 4.99 Å². The lowest BCUT2D eigenvalue weighted by molar-refractivity contribution is 0.0697. The third-order valence-electron chi connectivity index (χ3n) is 1.97. The lowest BCUT2D eigenvalue weighted by Gasteiger charge is -1.99. The van der Waals surface area contributed by atoms with Crippen LogP contribution in [-0.2, 0) is 6.54 Å². The summed E-state index contributed by atoms with van der Waals surface area (Å²) in [4.78, 5) is 14.6. The predicted molar refractivity (Wildman–Crippen MR) is 49.5 cm³/mol. The molecule has 0 atom stereocenters. The highest BCUT2D eigenvalue weighted by atomic mass is 35.5. The molecule has 1 aromatic rings. The van der Waals surface area contributed by atoms with Crippen molar-refractivity contribution in [1.29, 1.82) is 0 Å². The Morgan fingerprint density at radius 2 is 2.31 bits per heavy atom. The first kappa shape index (κ1) is 8.26. The van der Waals surface area contributed by atoms with Gasteiger partial charge in [0.25, 0.3) is 0 Å². The number of aromatic carboxylic acids is 1. The molecule has 0 saturated carbocycles. The third-order valence-corrected chi connectivity index (χ3v) is 2.29. The molecule has 0 aliphatic carbocycles. The number of benzene rings is 1. The van der Waals surface area contributed by atoms with E-state index >= 15 is 0 Å². The number of halogens is 1. The van der Waals surface area contributed by atoms with Crippen LogP contribution in [0, 0.1) is 0 Å². The van der Waals surface area contributed by atoms with Crippen molar-refractivity contribution < 1.29 is 9.90 Å². The number of carboxylic acid groups (broad SMARTS) is 1. The van der Waals surface area contributed by atoms with E-state index in [0.29, 0.717) is 11.7 Å². The normalized spacial score (nSPS) is 13.8. The van der Waals surface area contributed by atoms with E-state index in [-0.39, 0.29) is 5.56 Å². The van der Waals surface area contributed by atoms with E-state index in [1.807, 2.05) is 0 Å². The van der Waals surface area contributed by atoms with E-state index in [1.54, 1.807) is 18.2 Å². The second-order valence-electron chi connectivity index (χ2n) is 2.78. The monoisotopic (exact) mass is 195 g/mol. The average molecular weight is 196 g/mol. The summed E-state index contributed by atoms with van der Waals surface area (Å²) in [6.07, 6.45) is 0. The SMILES string of the molecule is O=C(O)c1ccc2c(c1)C(Cl)=NC2. The highest BCUT2D eigenvalue weighted by Gasteiger charge is 2.15. The maximum absolute atomic E-state index is 10.6. The fraction of sp³-hybridized carbons (Fsp3) is 0.111. The van der Waals surface area contributed by atoms with Gasteiger partial charge in [-0.2, -0.15) is 0 Å². The number of carboxylic acids is 1. The van der Waals surface area contributed by atoms with Crippen LogP contribution in [0.2, 0.25) is 0 Å². The number of hydrogen-bond acceptors (Lipinski definition) is 2. The molecule has 13 heavy (non-hydrogen) atoms. The fourth-order valence-corrected chi connectivity index (χ4v) is 1.51. The Labute approximate surface area is 79.7 Å². The molecule has 1 aliphatic heterocycles. The summed E-state index contributed by atoms with van der Waals surface area (Å²) in [7, 11) is 0. The van der Waals surface area contributed by atoms with Gasteiger partial charge in [-0.05, 0) is 17.7 Å². The van der Waals surface area contributed by atoms with Crippen LogP contribution in [0.15, 0.2) is 23.2 Å². The molecule has 0 bridgehead atoms. The maximum atomic E-state index is 10.6. The van der Waals surface area contributed by atoms with Crippen LogP contribution in [-0.4, -0.2) is 16.2 Å². The van der Waals surface area contributed by atoms with Gasteiger partial charge in [0.2, 0.25) is 0 Å².